The molecule has 5 aromatic rings. The van der Waals surface area contributed by atoms with Crippen molar-refractivity contribution in [3.63, 3.8) is 0 Å². The Labute approximate surface area is 281 Å². The molecule has 0 N–H and O–H groups in total. The predicted molar refractivity (Wildman–Crippen MR) is 198 cm³/mol. The van der Waals surface area contributed by atoms with Gasteiger partial charge in [0.1, 0.15) is 0 Å². The third kappa shape index (κ3) is 4.88. The summed E-state index contributed by atoms with van der Waals surface area (Å²) in [6.45, 7) is 4.82. The SMILES string of the molecule is CC1(C)c2ccccc2-c2cc(-c3ccccc3)c(N(c3ccc(C4CC5CCC4C5)cc3)c3ccccc3C3CCCCC3)cc21. The zero-order chi connectivity index (χ0) is 31.5. The summed E-state index contributed by atoms with van der Waals surface area (Å²) in [6.07, 6.45) is 12.3. The van der Waals surface area contributed by atoms with Crippen molar-refractivity contribution in [2.45, 2.75) is 88.9 Å². The molecule has 0 saturated heterocycles. The summed E-state index contributed by atoms with van der Waals surface area (Å²) < 4.78 is 0. The van der Waals surface area contributed by atoms with E-state index >= 15 is 0 Å². The summed E-state index contributed by atoms with van der Waals surface area (Å²) >= 11 is 0. The van der Waals surface area contributed by atoms with Gasteiger partial charge < -0.3 is 4.90 Å². The number of nitrogens with zero attached hydrogens (tertiary/aromatic N) is 1. The fraction of sp³-hybridized carbons (Fsp3) is 0.348. The molecule has 2 bridgehead atoms. The molecule has 0 aromatic heterocycles. The Hall–Kier alpha value is -4.10. The fourth-order valence-electron chi connectivity index (χ4n) is 10.2. The number of benzene rings is 5. The smallest absolute Gasteiger partial charge is 0.0543 e. The Morgan fingerprint density at radius 1 is 0.574 bits per heavy atom. The highest BCUT2D eigenvalue weighted by atomic mass is 15.1. The van der Waals surface area contributed by atoms with Crippen molar-refractivity contribution in [2.24, 2.45) is 11.8 Å². The molecule has 4 aliphatic rings. The van der Waals surface area contributed by atoms with Gasteiger partial charge in [-0.05, 0) is 125 Å². The average molecular weight is 614 g/mol. The van der Waals surface area contributed by atoms with Gasteiger partial charge in [0.05, 0.1) is 5.69 Å². The lowest BCUT2D eigenvalue weighted by Crippen LogP contribution is -2.19. The lowest BCUT2D eigenvalue weighted by molar-refractivity contribution is 0.420. The second-order valence-electron chi connectivity index (χ2n) is 15.6. The number of anilines is 3. The molecule has 1 nitrogen and oxygen atoms in total. The van der Waals surface area contributed by atoms with E-state index < -0.39 is 0 Å². The Kier molecular flexibility index (Phi) is 7.14. The van der Waals surface area contributed by atoms with E-state index in [0.717, 1.165) is 17.8 Å². The van der Waals surface area contributed by atoms with Gasteiger partial charge in [-0.3, -0.25) is 0 Å². The van der Waals surface area contributed by atoms with Gasteiger partial charge in [-0.1, -0.05) is 124 Å². The lowest BCUT2D eigenvalue weighted by atomic mass is 9.81. The quantitative estimate of drug-likeness (QED) is 0.184. The van der Waals surface area contributed by atoms with Gasteiger partial charge in [-0.2, -0.15) is 0 Å². The van der Waals surface area contributed by atoms with Crippen LogP contribution in [-0.2, 0) is 5.41 Å². The van der Waals surface area contributed by atoms with E-state index in [2.05, 4.69) is 134 Å². The predicted octanol–water partition coefficient (Wildman–Crippen LogP) is 13.1. The third-order valence-corrected chi connectivity index (χ3v) is 12.6. The first kappa shape index (κ1) is 29.1. The monoisotopic (exact) mass is 613 g/mol. The van der Waals surface area contributed by atoms with Crippen LogP contribution in [0.3, 0.4) is 0 Å². The topological polar surface area (TPSA) is 3.24 Å². The van der Waals surface area contributed by atoms with Crippen LogP contribution in [0.4, 0.5) is 17.1 Å². The highest BCUT2D eigenvalue weighted by Crippen LogP contribution is 2.55. The van der Waals surface area contributed by atoms with Crippen molar-refractivity contribution in [3.05, 3.63) is 138 Å². The van der Waals surface area contributed by atoms with E-state index in [1.807, 2.05) is 0 Å². The summed E-state index contributed by atoms with van der Waals surface area (Å²) in [6, 6.07) is 44.4. The van der Waals surface area contributed by atoms with Gasteiger partial charge in [0, 0.05) is 22.4 Å². The number of fused-ring (bicyclic) bond motifs is 5. The van der Waals surface area contributed by atoms with Gasteiger partial charge in [0.15, 0.2) is 0 Å². The number of hydrogen-bond acceptors (Lipinski definition) is 1. The number of hydrogen-bond donors (Lipinski definition) is 0. The van der Waals surface area contributed by atoms with Gasteiger partial charge in [0.25, 0.3) is 0 Å². The maximum atomic E-state index is 2.64. The van der Waals surface area contributed by atoms with Crippen molar-refractivity contribution in [3.8, 4) is 22.3 Å². The molecule has 9 rings (SSSR count). The van der Waals surface area contributed by atoms with Crippen LogP contribution in [0.5, 0.6) is 0 Å². The van der Waals surface area contributed by atoms with E-state index in [1.54, 1.807) is 5.56 Å². The van der Waals surface area contributed by atoms with Crippen molar-refractivity contribution in [1.82, 2.24) is 0 Å². The molecule has 0 spiro atoms. The molecule has 0 heterocycles. The Morgan fingerprint density at radius 2 is 1.32 bits per heavy atom. The molecule has 4 aliphatic carbocycles. The molecule has 236 valence electrons. The lowest BCUT2D eigenvalue weighted by Gasteiger charge is -2.34. The van der Waals surface area contributed by atoms with Crippen LogP contribution < -0.4 is 4.90 Å². The molecule has 47 heavy (non-hydrogen) atoms. The molecule has 0 radical (unpaired) electrons. The zero-order valence-electron chi connectivity index (χ0n) is 28.1. The maximum Gasteiger partial charge on any atom is 0.0543 e. The van der Waals surface area contributed by atoms with Gasteiger partial charge >= 0.3 is 0 Å². The third-order valence-electron chi connectivity index (χ3n) is 12.6. The second-order valence-corrected chi connectivity index (χ2v) is 15.6. The zero-order valence-corrected chi connectivity index (χ0v) is 28.1. The molecule has 3 unspecified atom stereocenters. The second kappa shape index (κ2) is 11.6. The molecule has 1 heteroatoms. The van der Waals surface area contributed by atoms with E-state index in [1.165, 1.54) is 114 Å². The largest absolute Gasteiger partial charge is 0.310 e. The summed E-state index contributed by atoms with van der Waals surface area (Å²) in [4.78, 5) is 2.64. The molecule has 3 saturated carbocycles. The van der Waals surface area contributed by atoms with Gasteiger partial charge in [-0.25, -0.2) is 0 Å². The van der Waals surface area contributed by atoms with Gasteiger partial charge in [-0.15, -0.1) is 0 Å². The minimum absolute atomic E-state index is 0.0733. The van der Waals surface area contributed by atoms with Crippen LogP contribution in [0.15, 0.2) is 115 Å². The molecule has 3 atom stereocenters. The minimum Gasteiger partial charge on any atom is -0.310 e. The van der Waals surface area contributed by atoms with Crippen LogP contribution >= 0.6 is 0 Å². The molecule has 0 aliphatic heterocycles. The van der Waals surface area contributed by atoms with Crippen molar-refractivity contribution in [2.75, 3.05) is 4.90 Å². The summed E-state index contributed by atoms with van der Waals surface area (Å²) in [5.74, 6) is 3.19. The van der Waals surface area contributed by atoms with Crippen LogP contribution in [0.2, 0.25) is 0 Å². The van der Waals surface area contributed by atoms with Crippen molar-refractivity contribution < 1.29 is 0 Å². The van der Waals surface area contributed by atoms with Crippen LogP contribution in [-0.4, -0.2) is 0 Å². The molecule has 0 amide bonds. The summed E-state index contributed by atoms with van der Waals surface area (Å²) in [7, 11) is 0. The first-order chi connectivity index (χ1) is 23.1. The van der Waals surface area contributed by atoms with Crippen LogP contribution in [0.1, 0.15) is 106 Å². The fourth-order valence-corrected chi connectivity index (χ4v) is 10.2. The van der Waals surface area contributed by atoms with E-state index in [4.69, 9.17) is 0 Å². The summed E-state index contributed by atoms with van der Waals surface area (Å²) in [5, 5.41) is 0. The molecule has 3 fully saturated rings. The first-order valence-corrected chi connectivity index (χ1v) is 18.4. The average Bonchev–Trinajstić information content (AvgIpc) is 3.82. The molecular weight excluding hydrogens is 567 g/mol. The Bertz CT molecular complexity index is 1910. The van der Waals surface area contributed by atoms with Crippen molar-refractivity contribution >= 4 is 17.1 Å². The Balaban J connectivity index is 1.26. The van der Waals surface area contributed by atoms with Crippen LogP contribution in [0, 0.1) is 11.8 Å². The normalized spacial score (nSPS) is 22.6. The van der Waals surface area contributed by atoms with E-state index in [9.17, 15) is 0 Å². The summed E-state index contributed by atoms with van der Waals surface area (Å²) in [5.41, 5.74) is 15.1. The first-order valence-electron chi connectivity index (χ1n) is 18.4. The van der Waals surface area contributed by atoms with E-state index in [-0.39, 0.29) is 5.41 Å². The number of para-hydroxylation sites is 1. The Morgan fingerprint density at radius 3 is 2.09 bits per heavy atom. The maximum absolute atomic E-state index is 2.64. The molecule has 5 aromatic carbocycles. The highest BCUT2D eigenvalue weighted by Gasteiger charge is 2.40. The van der Waals surface area contributed by atoms with Gasteiger partial charge in [0.2, 0.25) is 0 Å². The highest BCUT2D eigenvalue weighted by molar-refractivity contribution is 5.95. The number of rotatable bonds is 6. The standard InChI is InChI=1S/C46H47N/c1-46(2)42-19-11-9-18-38(42)41-29-40(33-15-7-4-8-16-33)45(30-43(41)46)47(44-20-12-10-17-37(44)32-13-5-3-6-14-32)36-25-23-34(24-26-36)39-28-31-21-22-35(39)27-31/h4,7-12,15-20,23-26,29-32,35,39H,3,5-6,13-14,21-22,27-28H2,1-2H3. The van der Waals surface area contributed by atoms with Crippen molar-refractivity contribution in [1.29, 1.82) is 0 Å². The van der Waals surface area contributed by atoms with Crippen LogP contribution in [0.25, 0.3) is 22.3 Å². The van der Waals surface area contributed by atoms with E-state index in [0.29, 0.717) is 5.92 Å². The minimum atomic E-state index is -0.0733. The molecular formula is C46H47N.